The summed E-state index contributed by atoms with van der Waals surface area (Å²) in [5.74, 6) is -0.541. The summed E-state index contributed by atoms with van der Waals surface area (Å²) in [6.45, 7) is 3.18. The number of aromatic nitrogens is 2. The maximum Gasteiger partial charge on any atom is 0.338 e. The van der Waals surface area contributed by atoms with Crippen molar-refractivity contribution in [2.45, 2.75) is 20.5 Å². The Morgan fingerprint density at radius 2 is 1.88 bits per heavy atom. The number of rotatable bonds is 5. The highest BCUT2D eigenvalue weighted by atomic mass is 35.5. The Morgan fingerprint density at radius 1 is 1.09 bits per heavy atom. The quantitative estimate of drug-likeness (QED) is 0.406. The van der Waals surface area contributed by atoms with Gasteiger partial charge in [-0.25, -0.2) is 9.78 Å². The first-order valence-electron chi connectivity index (χ1n) is 9.75. The van der Waals surface area contributed by atoms with E-state index in [0.717, 1.165) is 4.57 Å². The zero-order chi connectivity index (χ0) is 23.7. The molecule has 0 aliphatic carbocycles. The average molecular weight is 486 g/mol. The van der Waals surface area contributed by atoms with Gasteiger partial charge in [-0.2, -0.15) is 0 Å². The molecule has 0 aliphatic heterocycles. The molecule has 10 heteroatoms. The zero-order valence-electron chi connectivity index (χ0n) is 17.5. The fourth-order valence-corrected chi connectivity index (χ4v) is 3.71. The second-order valence-corrected chi connectivity index (χ2v) is 8.06. The molecule has 168 valence electrons. The van der Waals surface area contributed by atoms with E-state index in [1.165, 1.54) is 18.2 Å². The summed E-state index contributed by atoms with van der Waals surface area (Å²) in [4.78, 5) is 41.7. The molecule has 33 heavy (non-hydrogen) atoms. The highest BCUT2D eigenvalue weighted by molar-refractivity contribution is 6.37. The predicted octanol–water partition coefficient (Wildman–Crippen LogP) is 4.82. The van der Waals surface area contributed by atoms with Crippen LogP contribution in [0, 0.1) is 13.8 Å². The number of aryl methyl sites for hydroxylation is 1. The number of halogens is 2. The SMILES string of the molecule is Cc1cc2nc(COC(=O)c3cccc(NC(=O)c4ccc(Cl)cc4Cl)c3C)cc(=O)n2o1. The molecule has 2 heterocycles. The number of hydrogen-bond acceptors (Lipinski definition) is 6. The molecule has 0 fully saturated rings. The highest BCUT2D eigenvalue weighted by Crippen LogP contribution is 2.24. The largest absolute Gasteiger partial charge is 0.456 e. The van der Waals surface area contributed by atoms with Gasteiger partial charge in [0.05, 0.1) is 21.8 Å². The number of fused-ring (bicyclic) bond motifs is 1. The Kier molecular flexibility index (Phi) is 6.22. The van der Waals surface area contributed by atoms with E-state index < -0.39 is 17.4 Å². The molecule has 0 spiro atoms. The van der Waals surface area contributed by atoms with E-state index in [4.69, 9.17) is 32.5 Å². The number of ether oxygens (including phenoxy) is 1. The van der Waals surface area contributed by atoms with Crippen molar-refractivity contribution in [3.05, 3.63) is 97.1 Å². The maximum absolute atomic E-state index is 12.7. The number of carbonyl (C=O) groups is 2. The van der Waals surface area contributed by atoms with Crippen LogP contribution in [0.25, 0.3) is 5.65 Å². The predicted molar refractivity (Wildman–Crippen MR) is 123 cm³/mol. The van der Waals surface area contributed by atoms with Crippen LogP contribution in [0.1, 0.15) is 37.7 Å². The topological polar surface area (TPSA) is 103 Å². The van der Waals surface area contributed by atoms with Crippen molar-refractivity contribution in [1.29, 1.82) is 0 Å². The van der Waals surface area contributed by atoms with E-state index in [-0.39, 0.29) is 28.5 Å². The molecule has 4 rings (SSSR count). The van der Waals surface area contributed by atoms with Crippen molar-refractivity contribution in [2.24, 2.45) is 0 Å². The number of hydrogen-bond donors (Lipinski definition) is 1. The van der Waals surface area contributed by atoms with Gasteiger partial charge in [-0.05, 0) is 49.7 Å². The summed E-state index contributed by atoms with van der Waals surface area (Å²) in [5.41, 5.74) is 1.63. The highest BCUT2D eigenvalue weighted by Gasteiger charge is 2.17. The lowest BCUT2D eigenvalue weighted by molar-refractivity contribution is 0.0466. The second-order valence-electron chi connectivity index (χ2n) is 7.22. The maximum atomic E-state index is 12.7. The number of anilines is 1. The van der Waals surface area contributed by atoms with Crippen molar-refractivity contribution >= 4 is 46.4 Å². The molecule has 1 amide bonds. The Hall–Kier alpha value is -3.62. The third-order valence-corrected chi connectivity index (χ3v) is 5.40. The Morgan fingerprint density at radius 3 is 2.64 bits per heavy atom. The molecule has 4 aromatic rings. The summed E-state index contributed by atoms with van der Waals surface area (Å²) in [7, 11) is 0. The van der Waals surface area contributed by atoms with Gasteiger partial charge in [0.25, 0.3) is 11.5 Å². The molecular formula is C23H17Cl2N3O5. The fraction of sp³-hybridized carbons (Fsp3) is 0.130. The Balaban J connectivity index is 1.50. The van der Waals surface area contributed by atoms with E-state index in [1.54, 1.807) is 44.2 Å². The first-order valence-corrected chi connectivity index (χ1v) is 10.5. The van der Waals surface area contributed by atoms with Gasteiger partial charge in [0.15, 0.2) is 5.65 Å². The minimum Gasteiger partial charge on any atom is -0.456 e. The van der Waals surface area contributed by atoms with Crippen LogP contribution < -0.4 is 10.9 Å². The first-order chi connectivity index (χ1) is 15.7. The average Bonchev–Trinajstić information content (AvgIpc) is 3.14. The van der Waals surface area contributed by atoms with Crippen molar-refractivity contribution in [3.63, 3.8) is 0 Å². The Bertz CT molecular complexity index is 1460. The third-order valence-electron chi connectivity index (χ3n) is 4.85. The monoisotopic (exact) mass is 485 g/mol. The number of amides is 1. The molecule has 0 saturated heterocycles. The van der Waals surface area contributed by atoms with Gasteiger partial charge in [0, 0.05) is 22.8 Å². The number of carbonyl (C=O) groups excluding carboxylic acids is 2. The molecule has 0 aliphatic rings. The molecule has 8 nitrogen and oxygen atoms in total. The van der Waals surface area contributed by atoms with Crippen molar-refractivity contribution in [3.8, 4) is 0 Å². The smallest absolute Gasteiger partial charge is 0.338 e. The second kappa shape index (κ2) is 9.09. The van der Waals surface area contributed by atoms with Gasteiger partial charge in [-0.15, -0.1) is 4.57 Å². The van der Waals surface area contributed by atoms with Crippen LogP contribution >= 0.6 is 23.2 Å². The summed E-state index contributed by atoms with van der Waals surface area (Å²) in [6.07, 6.45) is 0. The minimum atomic E-state index is -0.626. The normalized spacial score (nSPS) is 10.9. The van der Waals surface area contributed by atoms with Crippen molar-refractivity contribution in [1.82, 2.24) is 9.56 Å². The summed E-state index contributed by atoms with van der Waals surface area (Å²) in [5, 5.41) is 3.37. The van der Waals surface area contributed by atoms with Gasteiger partial charge in [0.2, 0.25) is 0 Å². The van der Waals surface area contributed by atoms with E-state index in [0.29, 0.717) is 27.7 Å². The molecule has 2 aromatic heterocycles. The Labute approximate surface area is 197 Å². The molecule has 0 atom stereocenters. The molecule has 2 aromatic carbocycles. The van der Waals surface area contributed by atoms with E-state index >= 15 is 0 Å². The standard InChI is InChI=1S/C23H17Cl2N3O5/c1-12-8-20-26-15(10-21(29)28(20)33-12)11-32-23(31)16-4-3-5-19(13(16)2)27-22(30)17-7-6-14(24)9-18(17)25/h3-10H,11H2,1-2H3,(H,27,30). The third kappa shape index (κ3) is 4.76. The van der Waals surface area contributed by atoms with Crippen LogP contribution in [-0.4, -0.2) is 21.4 Å². The number of esters is 1. The first kappa shape index (κ1) is 22.6. The lowest BCUT2D eigenvalue weighted by atomic mass is 10.1. The van der Waals surface area contributed by atoms with Crippen LogP contribution in [0.4, 0.5) is 5.69 Å². The lowest BCUT2D eigenvalue weighted by Gasteiger charge is -2.13. The molecular weight excluding hydrogens is 469 g/mol. The summed E-state index contributed by atoms with van der Waals surface area (Å²) < 4.78 is 11.7. The fourth-order valence-electron chi connectivity index (χ4n) is 3.22. The van der Waals surface area contributed by atoms with Gasteiger partial charge < -0.3 is 14.6 Å². The van der Waals surface area contributed by atoms with E-state index in [1.807, 2.05) is 0 Å². The zero-order valence-corrected chi connectivity index (χ0v) is 19.0. The van der Waals surface area contributed by atoms with Crippen LogP contribution in [-0.2, 0) is 11.3 Å². The molecule has 0 unspecified atom stereocenters. The lowest BCUT2D eigenvalue weighted by Crippen LogP contribution is -2.16. The van der Waals surface area contributed by atoms with Crippen LogP contribution in [0.3, 0.4) is 0 Å². The van der Waals surface area contributed by atoms with Crippen molar-refractivity contribution < 1.29 is 18.8 Å². The van der Waals surface area contributed by atoms with E-state index in [2.05, 4.69) is 10.3 Å². The van der Waals surface area contributed by atoms with E-state index in [9.17, 15) is 14.4 Å². The molecule has 0 saturated carbocycles. The van der Waals surface area contributed by atoms with Crippen LogP contribution in [0.5, 0.6) is 0 Å². The minimum absolute atomic E-state index is 0.203. The van der Waals surface area contributed by atoms with Crippen LogP contribution in [0.15, 0.2) is 57.8 Å². The molecule has 1 N–H and O–H groups in total. The summed E-state index contributed by atoms with van der Waals surface area (Å²) >= 11 is 12.0. The van der Waals surface area contributed by atoms with Gasteiger partial charge in [-0.3, -0.25) is 9.59 Å². The van der Waals surface area contributed by atoms with Crippen LogP contribution in [0.2, 0.25) is 10.0 Å². The van der Waals surface area contributed by atoms with Gasteiger partial charge >= 0.3 is 5.97 Å². The van der Waals surface area contributed by atoms with Gasteiger partial charge in [-0.1, -0.05) is 29.3 Å². The number of nitrogens with one attached hydrogen (secondary N) is 1. The molecule has 0 bridgehead atoms. The van der Waals surface area contributed by atoms with Gasteiger partial charge in [0.1, 0.15) is 12.4 Å². The number of nitrogens with zero attached hydrogens (tertiary/aromatic N) is 2. The number of benzene rings is 2. The van der Waals surface area contributed by atoms with Crippen molar-refractivity contribution in [2.75, 3.05) is 5.32 Å². The summed E-state index contributed by atoms with van der Waals surface area (Å²) in [6, 6.07) is 12.2. The molecule has 0 radical (unpaired) electrons.